The Morgan fingerprint density at radius 1 is 0.826 bits per heavy atom. The van der Waals surface area contributed by atoms with Gasteiger partial charge in [-0.2, -0.15) is 0 Å². The van der Waals surface area contributed by atoms with Crippen molar-refractivity contribution in [3.63, 3.8) is 0 Å². The minimum Gasteiger partial charge on any atom is -0.489 e. The van der Waals surface area contributed by atoms with Crippen molar-refractivity contribution in [2.75, 3.05) is 6.61 Å². The van der Waals surface area contributed by atoms with Gasteiger partial charge in [-0.05, 0) is 43.0 Å². The average molecular weight is 312 g/mol. The minimum absolute atomic E-state index is 0.268. The highest BCUT2D eigenvalue weighted by atomic mass is 16.5. The lowest BCUT2D eigenvalue weighted by molar-refractivity contribution is 0.0590. The number of hydrogen-bond donors (Lipinski definition) is 0. The Kier molecular flexibility index (Phi) is 6.66. The van der Waals surface area contributed by atoms with Crippen LogP contribution in [0, 0.1) is 5.92 Å². The van der Waals surface area contributed by atoms with Crippen LogP contribution in [-0.4, -0.2) is 12.7 Å². The molecule has 0 aliphatic heterocycles. The fourth-order valence-electron chi connectivity index (χ4n) is 2.52. The first-order chi connectivity index (χ1) is 11.1. The lowest BCUT2D eigenvalue weighted by atomic mass is 9.89. The standard InChI is InChI=1S/C21H28O2/c1-16(2)21(15-22-17(3)4)19-10-12-20(13-11-19)23-14-18-8-6-5-7-9-18/h5-13,16-17,21H,14-15H2,1-4H3. The van der Waals surface area contributed by atoms with Crippen LogP contribution in [0.2, 0.25) is 0 Å². The highest BCUT2D eigenvalue weighted by Crippen LogP contribution is 2.27. The van der Waals surface area contributed by atoms with Crippen molar-refractivity contribution < 1.29 is 9.47 Å². The number of benzene rings is 2. The summed E-state index contributed by atoms with van der Waals surface area (Å²) in [6.07, 6.45) is 0.268. The Bertz CT molecular complexity index is 558. The first-order valence-corrected chi connectivity index (χ1v) is 8.44. The van der Waals surface area contributed by atoms with E-state index < -0.39 is 0 Å². The van der Waals surface area contributed by atoms with E-state index >= 15 is 0 Å². The molecule has 0 fully saturated rings. The van der Waals surface area contributed by atoms with Crippen LogP contribution in [0.5, 0.6) is 5.75 Å². The first kappa shape index (κ1) is 17.6. The van der Waals surface area contributed by atoms with Crippen molar-refractivity contribution in [1.29, 1.82) is 0 Å². The van der Waals surface area contributed by atoms with Gasteiger partial charge in [-0.1, -0.05) is 56.3 Å². The molecule has 0 bridgehead atoms. The summed E-state index contributed by atoms with van der Waals surface area (Å²) >= 11 is 0. The molecule has 0 N–H and O–H groups in total. The van der Waals surface area contributed by atoms with E-state index in [-0.39, 0.29) is 6.10 Å². The van der Waals surface area contributed by atoms with Gasteiger partial charge in [-0.15, -0.1) is 0 Å². The van der Waals surface area contributed by atoms with Gasteiger partial charge < -0.3 is 9.47 Å². The monoisotopic (exact) mass is 312 g/mol. The summed E-state index contributed by atoms with van der Waals surface area (Å²) in [4.78, 5) is 0. The Hall–Kier alpha value is -1.80. The molecule has 0 aliphatic carbocycles. The summed E-state index contributed by atoms with van der Waals surface area (Å²) in [5, 5.41) is 0. The zero-order chi connectivity index (χ0) is 16.7. The molecule has 23 heavy (non-hydrogen) atoms. The zero-order valence-electron chi connectivity index (χ0n) is 14.7. The molecule has 0 aromatic heterocycles. The minimum atomic E-state index is 0.268. The largest absolute Gasteiger partial charge is 0.489 e. The van der Waals surface area contributed by atoms with Crippen molar-refractivity contribution in [3.8, 4) is 5.75 Å². The number of hydrogen-bond acceptors (Lipinski definition) is 2. The van der Waals surface area contributed by atoms with Crippen LogP contribution in [0.1, 0.15) is 44.7 Å². The molecule has 124 valence electrons. The Morgan fingerprint density at radius 3 is 2.04 bits per heavy atom. The van der Waals surface area contributed by atoms with Crippen molar-refractivity contribution >= 4 is 0 Å². The van der Waals surface area contributed by atoms with Crippen LogP contribution in [0.15, 0.2) is 54.6 Å². The third-order valence-electron chi connectivity index (χ3n) is 3.97. The van der Waals surface area contributed by atoms with Gasteiger partial charge in [-0.25, -0.2) is 0 Å². The Labute approximate surface area is 140 Å². The summed E-state index contributed by atoms with van der Waals surface area (Å²) < 4.78 is 11.7. The predicted octanol–water partition coefficient (Wildman–Crippen LogP) is 5.43. The van der Waals surface area contributed by atoms with Gasteiger partial charge in [0.05, 0.1) is 12.7 Å². The summed E-state index contributed by atoms with van der Waals surface area (Å²) in [6.45, 7) is 10.0. The van der Waals surface area contributed by atoms with Crippen molar-refractivity contribution in [2.24, 2.45) is 5.92 Å². The Balaban J connectivity index is 1.96. The van der Waals surface area contributed by atoms with E-state index in [0.717, 1.165) is 12.4 Å². The highest BCUT2D eigenvalue weighted by molar-refractivity contribution is 5.30. The van der Waals surface area contributed by atoms with Gasteiger partial charge in [0.1, 0.15) is 12.4 Å². The second-order valence-electron chi connectivity index (χ2n) is 6.58. The van der Waals surface area contributed by atoms with Crippen LogP contribution in [0.4, 0.5) is 0 Å². The SMILES string of the molecule is CC(C)OCC(c1ccc(OCc2ccccc2)cc1)C(C)C. The molecule has 0 radical (unpaired) electrons. The van der Waals surface area contributed by atoms with Crippen LogP contribution < -0.4 is 4.74 Å². The van der Waals surface area contributed by atoms with E-state index in [1.807, 2.05) is 18.2 Å². The molecule has 2 heteroatoms. The lowest BCUT2D eigenvalue weighted by Gasteiger charge is -2.23. The fraction of sp³-hybridized carbons (Fsp3) is 0.429. The molecule has 2 aromatic rings. The molecule has 0 saturated carbocycles. The maximum atomic E-state index is 5.85. The predicted molar refractivity (Wildman–Crippen MR) is 95.9 cm³/mol. The van der Waals surface area contributed by atoms with Gasteiger partial charge in [0, 0.05) is 5.92 Å². The lowest BCUT2D eigenvalue weighted by Crippen LogP contribution is -2.17. The van der Waals surface area contributed by atoms with E-state index in [2.05, 4.69) is 64.1 Å². The second kappa shape index (κ2) is 8.73. The molecule has 0 spiro atoms. The van der Waals surface area contributed by atoms with Crippen LogP contribution >= 0.6 is 0 Å². The molecule has 0 heterocycles. The third-order valence-corrected chi connectivity index (χ3v) is 3.97. The topological polar surface area (TPSA) is 18.5 Å². The summed E-state index contributed by atoms with van der Waals surface area (Å²) in [7, 11) is 0. The van der Waals surface area contributed by atoms with Crippen LogP contribution in [0.25, 0.3) is 0 Å². The molecule has 2 nitrogen and oxygen atoms in total. The van der Waals surface area contributed by atoms with E-state index in [9.17, 15) is 0 Å². The van der Waals surface area contributed by atoms with Gasteiger partial charge in [0.25, 0.3) is 0 Å². The van der Waals surface area contributed by atoms with Crippen molar-refractivity contribution in [3.05, 3.63) is 65.7 Å². The summed E-state index contributed by atoms with van der Waals surface area (Å²) in [6, 6.07) is 18.7. The Morgan fingerprint density at radius 2 is 1.48 bits per heavy atom. The van der Waals surface area contributed by atoms with Crippen LogP contribution in [0.3, 0.4) is 0 Å². The first-order valence-electron chi connectivity index (χ1n) is 8.44. The molecule has 1 unspecified atom stereocenters. The molecule has 0 aliphatic rings. The van der Waals surface area contributed by atoms with Gasteiger partial charge in [0.2, 0.25) is 0 Å². The molecule has 1 atom stereocenters. The van der Waals surface area contributed by atoms with E-state index in [4.69, 9.17) is 9.47 Å². The molecule has 2 rings (SSSR count). The molecule has 2 aromatic carbocycles. The zero-order valence-corrected chi connectivity index (χ0v) is 14.7. The fourth-order valence-corrected chi connectivity index (χ4v) is 2.52. The molecule has 0 saturated heterocycles. The smallest absolute Gasteiger partial charge is 0.119 e. The summed E-state index contributed by atoms with van der Waals surface area (Å²) in [5.41, 5.74) is 2.50. The second-order valence-corrected chi connectivity index (χ2v) is 6.58. The van der Waals surface area contributed by atoms with E-state index in [1.54, 1.807) is 0 Å². The van der Waals surface area contributed by atoms with Gasteiger partial charge in [0.15, 0.2) is 0 Å². The summed E-state index contributed by atoms with van der Waals surface area (Å²) in [5.74, 6) is 1.87. The van der Waals surface area contributed by atoms with Crippen molar-refractivity contribution in [2.45, 2.75) is 46.3 Å². The van der Waals surface area contributed by atoms with Crippen molar-refractivity contribution in [1.82, 2.24) is 0 Å². The average Bonchev–Trinajstić information content (AvgIpc) is 2.54. The van der Waals surface area contributed by atoms with Gasteiger partial charge >= 0.3 is 0 Å². The maximum absolute atomic E-state index is 5.85. The van der Waals surface area contributed by atoms with Crippen LogP contribution in [-0.2, 0) is 11.3 Å². The van der Waals surface area contributed by atoms with E-state index in [1.165, 1.54) is 11.1 Å². The highest BCUT2D eigenvalue weighted by Gasteiger charge is 2.16. The van der Waals surface area contributed by atoms with Gasteiger partial charge in [-0.3, -0.25) is 0 Å². The molecule has 0 amide bonds. The third kappa shape index (κ3) is 5.72. The number of ether oxygens (including phenoxy) is 2. The molecular formula is C21H28O2. The van der Waals surface area contributed by atoms with E-state index in [0.29, 0.717) is 18.4 Å². The number of rotatable bonds is 8. The maximum Gasteiger partial charge on any atom is 0.119 e. The quantitative estimate of drug-likeness (QED) is 0.647. The molecular weight excluding hydrogens is 284 g/mol. The normalized spacial score (nSPS) is 12.6.